The van der Waals surface area contributed by atoms with Crippen LogP contribution in [0, 0.1) is 5.92 Å². The number of hydrogen-bond donors (Lipinski definition) is 1. The van der Waals surface area contributed by atoms with Crippen molar-refractivity contribution >= 4 is 23.2 Å². The molecule has 4 nitrogen and oxygen atoms in total. The highest BCUT2D eigenvalue weighted by Crippen LogP contribution is 2.35. The average molecular weight is 402 g/mol. The number of benzene rings is 2. The molecule has 1 fully saturated rings. The van der Waals surface area contributed by atoms with E-state index in [1.807, 2.05) is 17.0 Å². The number of alkyl halides is 3. The van der Waals surface area contributed by atoms with Gasteiger partial charge in [0.25, 0.3) is 5.91 Å². The molecular weight excluding hydrogens is 381 g/mol. The van der Waals surface area contributed by atoms with Crippen molar-refractivity contribution in [1.82, 2.24) is 0 Å². The van der Waals surface area contributed by atoms with Crippen LogP contribution in [-0.2, 0) is 17.4 Å². The Morgan fingerprint density at radius 3 is 2.34 bits per heavy atom. The number of carbonyl (C=O) groups is 2. The first-order valence-electron chi connectivity index (χ1n) is 9.76. The van der Waals surface area contributed by atoms with Gasteiger partial charge < -0.3 is 10.2 Å². The van der Waals surface area contributed by atoms with Crippen molar-refractivity contribution in [3.05, 3.63) is 59.2 Å². The van der Waals surface area contributed by atoms with Crippen molar-refractivity contribution in [2.24, 2.45) is 5.92 Å². The van der Waals surface area contributed by atoms with E-state index in [9.17, 15) is 22.8 Å². The van der Waals surface area contributed by atoms with Gasteiger partial charge in [0, 0.05) is 29.4 Å². The molecule has 0 aromatic heterocycles. The third-order valence-corrected chi connectivity index (χ3v) is 5.68. The summed E-state index contributed by atoms with van der Waals surface area (Å²) in [4.78, 5) is 26.9. The summed E-state index contributed by atoms with van der Waals surface area (Å²) in [5, 5.41) is 2.72. The van der Waals surface area contributed by atoms with Gasteiger partial charge in [-0.25, -0.2) is 0 Å². The number of anilines is 2. The van der Waals surface area contributed by atoms with E-state index in [4.69, 9.17) is 0 Å². The van der Waals surface area contributed by atoms with E-state index in [1.54, 1.807) is 6.07 Å². The smallest absolute Gasteiger partial charge is 0.322 e. The summed E-state index contributed by atoms with van der Waals surface area (Å²) in [6, 6.07) is 9.49. The summed E-state index contributed by atoms with van der Waals surface area (Å²) in [5.74, 6) is -0.182. The van der Waals surface area contributed by atoms with E-state index < -0.39 is 17.6 Å². The van der Waals surface area contributed by atoms with Crippen LogP contribution in [0.3, 0.4) is 0 Å². The normalized spacial score (nSPS) is 16.7. The number of hydrogen-bond acceptors (Lipinski definition) is 2. The molecule has 2 amide bonds. The molecule has 0 unspecified atom stereocenters. The van der Waals surface area contributed by atoms with Crippen molar-refractivity contribution < 1.29 is 22.8 Å². The predicted octanol–water partition coefficient (Wildman–Crippen LogP) is 5.04. The van der Waals surface area contributed by atoms with Gasteiger partial charge in [0.1, 0.15) is 0 Å². The Morgan fingerprint density at radius 1 is 1.00 bits per heavy atom. The third-order valence-electron chi connectivity index (χ3n) is 5.68. The summed E-state index contributed by atoms with van der Waals surface area (Å²) in [6.07, 6.45) is 0.393. The molecular formula is C22H21F3N2O2. The van der Waals surface area contributed by atoms with Crippen LogP contribution in [0.5, 0.6) is 0 Å². The van der Waals surface area contributed by atoms with Gasteiger partial charge in [-0.3, -0.25) is 9.59 Å². The molecule has 2 aliphatic rings. The summed E-state index contributed by atoms with van der Waals surface area (Å²) in [5.41, 5.74) is 1.79. The molecule has 152 valence electrons. The quantitative estimate of drug-likeness (QED) is 0.782. The fraction of sp³-hybridized carbons (Fsp3) is 0.364. The van der Waals surface area contributed by atoms with Gasteiger partial charge in [0.15, 0.2) is 0 Å². The van der Waals surface area contributed by atoms with Crippen LogP contribution in [0.4, 0.5) is 24.5 Å². The third kappa shape index (κ3) is 3.99. The molecule has 0 spiro atoms. The SMILES string of the molecule is O=C(Nc1ccc2c(c1)CCN2C(=O)C1CCCC1)c1ccc(C(F)(F)F)cc1. The second-order valence-electron chi connectivity index (χ2n) is 7.59. The maximum atomic E-state index is 12.7. The minimum atomic E-state index is -4.43. The van der Waals surface area contributed by atoms with Gasteiger partial charge >= 0.3 is 6.18 Å². The second kappa shape index (κ2) is 7.54. The van der Waals surface area contributed by atoms with Gasteiger partial charge in [0.05, 0.1) is 5.56 Å². The van der Waals surface area contributed by atoms with E-state index in [2.05, 4.69) is 5.32 Å². The van der Waals surface area contributed by atoms with E-state index >= 15 is 0 Å². The largest absolute Gasteiger partial charge is 0.416 e. The van der Waals surface area contributed by atoms with Crippen molar-refractivity contribution in [3.63, 3.8) is 0 Å². The Bertz CT molecular complexity index is 932. The van der Waals surface area contributed by atoms with Crippen molar-refractivity contribution in [1.29, 1.82) is 0 Å². The molecule has 0 saturated heterocycles. The lowest BCUT2D eigenvalue weighted by Crippen LogP contribution is -2.33. The van der Waals surface area contributed by atoms with Gasteiger partial charge in [-0.2, -0.15) is 13.2 Å². The Kier molecular flexibility index (Phi) is 5.06. The molecule has 0 bridgehead atoms. The number of halogens is 3. The number of carbonyl (C=O) groups excluding carboxylic acids is 2. The fourth-order valence-corrected chi connectivity index (χ4v) is 4.12. The Morgan fingerprint density at radius 2 is 1.69 bits per heavy atom. The van der Waals surface area contributed by atoms with Crippen LogP contribution >= 0.6 is 0 Å². The molecule has 0 radical (unpaired) electrons. The first-order chi connectivity index (χ1) is 13.8. The summed E-state index contributed by atoms with van der Waals surface area (Å²) >= 11 is 0. The Balaban J connectivity index is 1.45. The second-order valence-corrected chi connectivity index (χ2v) is 7.59. The monoisotopic (exact) mass is 402 g/mol. The first-order valence-corrected chi connectivity index (χ1v) is 9.76. The summed E-state index contributed by atoms with van der Waals surface area (Å²) < 4.78 is 38.0. The zero-order chi connectivity index (χ0) is 20.6. The highest BCUT2D eigenvalue weighted by Gasteiger charge is 2.32. The molecule has 29 heavy (non-hydrogen) atoms. The number of fused-ring (bicyclic) bond motifs is 1. The number of nitrogens with one attached hydrogen (secondary N) is 1. The molecule has 1 aliphatic carbocycles. The van der Waals surface area contributed by atoms with E-state index in [-0.39, 0.29) is 17.4 Å². The zero-order valence-corrected chi connectivity index (χ0v) is 15.8. The highest BCUT2D eigenvalue weighted by atomic mass is 19.4. The molecule has 1 N–H and O–H groups in total. The van der Waals surface area contributed by atoms with E-state index in [1.165, 1.54) is 0 Å². The van der Waals surface area contributed by atoms with Gasteiger partial charge in [-0.05, 0) is 67.3 Å². The van der Waals surface area contributed by atoms with Gasteiger partial charge in [0.2, 0.25) is 5.91 Å². The molecule has 1 heterocycles. The Labute approximate surface area is 166 Å². The van der Waals surface area contributed by atoms with Crippen molar-refractivity contribution in [3.8, 4) is 0 Å². The molecule has 0 atom stereocenters. The lowest BCUT2D eigenvalue weighted by atomic mass is 10.1. The molecule has 7 heteroatoms. The maximum absolute atomic E-state index is 12.7. The van der Waals surface area contributed by atoms with Crippen LogP contribution in [-0.4, -0.2) is 18.4 Å². The lowest BCUT2D eigenvalue weighted by molar-refractivity contribution is -0.137. The van der Waals surface area contributed by atoms with Crippen LogP contribution in [0.15, 0.2) is 42.5 Å². The van der Waals surface area contributed by atoms with E-state index in [0.717, 1.165) is 67.6 Å². The van der Waals surface area contributed by atoms with Crippen LogP contribution in [0.1, 0.15) is 47.2 Å². The van der Waals surface area contributed by atoms with Crippen molar-refractivity contribution in [2.75, 3.05) is 16.8 Å². The van der Waals surface area contributed by atoms with Gasteiger partial charge in [-0.1, -0.05) is 12.8 Å². The number of amides is 2. The first kappa shape index (κ1) is 19.5. The van der Waals surface area contributed by atoms with Gasteiger partial charge in [-0.15, -0.1) is 0 Å². The Hall–Kier alpha value is -2.83. The standard InChI is InChI=1S/C22H21F3N2O2/c23-22(24,25)17-7-5-14(6-8-17)20(28)26-18-9-10-19-16(13-18)11-12-27(19)21(29)15-3-1-2-4-15/h5-10,13,15H,1-4,11-12H2,(H,26,28). The minimum Gasteiger partial charge on any atom is -0.322 e. The average Bonchev–Trinajstić information content (AvgIpc) is 3.36. The van der Waals surface area contributed by atoms with E-state index in [0.29, 0.717) is 12.2 Å². The lowest BCUT2D eigenvalue weighted by Gasteiger charge is -2.21. The molecule has 4 rings (SSSR count). The van der Waals surface area contributed by atoms with Crippen LogP contribution in [0.25, 0.3) is 0 Å². The molecule has 1 aliphatic heterocycles. The topological polar surface area (TPSA) is 49.4 Å². The predicted molar refractivity (Wildman–Crippen MR) is 104 cm³/mol. The zero-order valence-electron chi connectivity index (χ0n) is 15.8. The fourth-order valence-electron chi connectivity index (χ4n) is 4.12. The molecule has 2 aromatic carbocycles. The van der Waals surface area contributed by atoms with Crippen LogP contribution < -0.4 is 10.2 Å². The van der Waals surface area contributed by atoms with Crippen LogP contribution in [0.2, 0.25) is 0 Å². The highest BCUT2D eigenvalue weighted by molar-refractivity contribution is 6.04. The molecule has 2 aromatic rings. The number of rotatable bonds is 3. The number of nitrogens with zero attached hydrogens (tertiary/aromatic N) is 1. The van der Waals surface area contributed by atoms with Crippen molar-refractivity contribution in [2.45, 2.75) is 38.3 Å². The minimum absolute atomic E-state index is 0.111. The maximum Gasteiger partial charge on any atom is 0.416 e. The molecule has 1 saturated carbocycles. The summed E-state index contributed by atoms with van der Waals surface area (Å²) in [7, 11) is 0. The summed E-state index contributed by atoms with van der Waals surface area (Å²) in [6.45, 7) is 0.640.